The summed E-state index contributed by atoms with van der Waals surface area (Å²) in [6.45, 7) is 5.19. The standard InChI is InChI=1S/C19H28N4O4S.HI/c1-2-26-13-4-11-21-19(22-12-10-17-5-3-14-27-17)23-15-16-6-8-18(9-7-16)28(20,24)25;/h3,5-9,14H,2,4,10-13,15H2,1H3,(H2,20,24,25)(H2,21,22,23);1H. The molecule has 0 fully saturated rings. The van der Waals surface area contributed by atoms with Crippen LogP contribution in [0.4, 0.5) is 0 Å². The summed E-state index contributed by atoms with van der Waals surface area (Å²) in [4.78, 5) is 4.65. The van der Waals surface area contributed by atoms with Gasteiger partial charge in [0.2, 0.25) is 10.0 Å². The third kappa shape index (κ3) is 10.1. The molecule has 0 aliphatic carbocycles. The first kappa shape index (κ1) is 25.4. The number of nitrogens with two attached hydrogens (primary N) is 1. The number of hydrogen-bond donors (Lipinski definition) is 3. The maximum Gasteiger partial charge on any atom is 0.238 e. The molecule has 0 saturated carbocycles. The number of aliphatic imine (C=N–C) groups is 1. The van der Waals surface area contributed by atoms with Gasteiger partial charge in [0.25, 0.3) is 0 Å². The lowest BCUT2D eigenvalue weighted by atomic mass is 10.2. The molecule has 29 heavy (non-hydrogen) atoms. The minimum Gasteiger partial charge on any atom is -0.469 e. The summed E-state index contributed by atoms with van der Waals surface area (Å²) in [5.74, 6) is 1.58. The number of halogens is 1. The molecule has 10 heteroatoms. The van der Waals surface area contributed by atoms with E-state index in [1.807, 2.05) is 19.1 Å². The van der Waals surface area contributed by atoms with Gasteiger partial charge >= 0.3 is 0 Å². The van der Waals surface area contributed by atoms with E-state index in [1.165, 1.54) is 12.1 Å². The van der Waals surface area contributed by atoms with E-state index in [0.717, 1.165) is 30.7 Å². The van der Waals surface area contributed by atoms with Crippen LogP contribution in [-0.4, -0.2) is 40.7 Å². The van der Waals surface area contributed by atoms with Crippen LogP contribution in [0.15, 0.2) is 57.0 Å². The average Bonchev–Trinajstić information content (AvgIpc) is 3.18. The molecular formula is C19H29IN4O4S. The molecule has 0 bridgehead atoms. The van der Waals surface area contributed by atoms with Crippen molar-refractivity contribution in [1.82, 2.24) is 10.6 Å². The molecule has 0 spiro atoms. The predicted molar refractivity (Wildman–Crippen MR) is 124 cm³/mol. The van der Waals surface area contributed by atoms with Crippen molar-refractivity contribution in [3.63, 3.8) is 0 Å². The Balaban J connectivity index is 0.00000420. The lowest BCUT2D eigenvalue weighted by Gasteiger charge is -2.12. The fraction of sp³-hybridized carbons (Fsp3) is 0.421. The first-order valence-electron chi connectivity index (χ1n) is 9.23. The smallest absolute Gasteiger partial charge is 0.238 e. The number of sulfonamides is 1. The first-order valence-corrected chi connectivity index (χ1v) is 10.8. The highest BCUT2D eigenvalue weighted by Gasteiger charge is 2.07. The second-order valence-electron chi connectivity index (χ2n) is 6.09. The molecule has 162 valence electrons. The Bertz CT molecular complexity index is 824. The SMILES string of the molecule is CCOCCCNC(=NCc1ccc(S(N)(=O)=O)cc1)NCCc1ccco1.I. The minimum atomic E-state index is -3.69. The van der Waals surface area contributed by atoms with Gasteiger partial charge in [0.05, 0.1) is 17.7 Å². The molecule has 1 heterocycles. The molecule has 8 nitrogen and oxygen atoms in total. The van der Waals surface area contributed by atoms with Gasteiger partial charge in [0.15, 0.2) is 5.96 Å². The lowest BCUT2D eigenvalue weighted by molar-refractivity contribution is 0.145. The van der Waals surface area contributed by atoms with Crippen LogP contribution in [0, 0.1) is 0 Å². The summed E-state index contributed by atoms with van der Waals surface area (Å²) in [6, 6.07) is 10.2. The van der Waals surface area contributed by atoms with Crippen LogP contribution in [0.25, 0.3) is 0 Å². The Kier molecular flexibility index (Phi) is 11.9. The number of primary sulfonamides is 1. The van der Waals surface area contributed by atoms with Crippen molar-refractivity contribution in [2.75, 3.05) is 26.3 Å². The molecule has 0 unspecified atom stereocenters. The van der Waals surface area contributed by atoms with Gasteiger partial charge in [-0.25, -0.2) is 18.5 Å². The van der Waals surface area contributed by atoms with E-state index in [0.29, 0.717) is 32.3 Å². The Morgan fingerprint density at radius 2 is 1.90 bits per heavy atom. The molecule has 0 atom stereocenters. The summed E-state index contributed by atoms with van der Waals surface area (Å²) >= 11 is 0. The van der Waals surface area contributed by atoms with Crippen LogP contribution < -0.4 is 15.8 Å². The lowest BCUT2D eigenvalue weighted by Crippen LogP contribution is -2.39. The molecule has 0 radical (unpaired) electrons. The molecule has 0 aliphatic heterocycles. The fourth-order valence-corrected chi connectivity index (χ4v) is 2.93. The summed E-state index contributed by atoms with van der Waals surface area (Å²) in [5, 5.41) is 11.7. The molecule has 4 N–H and O–H groups in total. The van der Waals surface area contributed by atoms with E-state index in [-0.39, 0.29) is 28.9 Å². The van der Waals surface area contributed by atoms with Crippen molar-refractivity contribution < 1.29 is 17.6 Å². The Labute approximate surface area is 189 Å². The quantitative estimate of drug-likeness (QED) is 0.176. The van der Waals surface area contributed by atoms with Crippen molar-refractivity contribution >= 4 is 40.0 Å². The van der Waals surface area contributed by atoms with Gasteiger partial charge in [-0.3, -0.25) is 0 Å². The van der Waals surface area contributed by atoms with Crippen LogP contribution in [0.1, 0.15) is 24.7 Å². The summed E-state index contributed by atoms with van der Waals surface area (Å²) in [6.07, 6.45) is 3.27. The number of hydrogen-bond acceptors (Lipinski definition) is 5. The molecule has 0 saturated heterocycles. The molecule has 1 aromatic heterocycles. The van der Waals surface area contributed by atoms with Crippen molar-refractivity contribution in [3.8, 4) is 0 Å². The molecule has 2 aromatic rings. The third-order valence-electron chi connectivity index (χ3n) is 3.88. The Morgan fingerprint density at radius 1 is 1.17 bits per heavy atom. The van der Waals surface area contributed by atoms with Gasteiger partial charge in [-0.1, -0.05) is 12.1 Å². The summed E-state index contributed by atoms with van der Waals surface area (Å²) in [7, 11) is -3.69. The van der Waals surface area contributed by atoms with Gasteiger partial charge in [0, 0.05) is 32.7 Å². The number of guanidine groups is 1. The van der Waals surface area contributed by atoms with Crippen molar-refractivity contribution in [1.29, 1.82) is 0 Å². The van der Waals surface area contributed by atoms with Gasteiger partial charge in [-0.2, -0.15) is 0 Å². The van der Waals surface area contributed by atoms with E-state index in [2.05, 4.69) is 15.6 Å². The second-order valence-corrected chi connectivity index (χ2v) is 7.65. The van der Waals surface area contributed by atoms with Crippen LogP contribution >= 0.6 is 24.0 Å². The molecule has 0 amide bonds. The largest absolute Gasteiger partial charge is 0.469 e. The van der Waals surface area contributed by atoms with Crippen LogP contribution in [0.2, 0.25) is 0 Å². The maximum atomic E-state index is 11.3. The normalized spacial score (nSPS) is 11.7. The second kappa shape index (κ2) is 13.6. The number of nitrogens with one attached hydrogen (secondary N) is 2. The zero-order valence-electron chi connectivity index (χ0n) is 16.5. The fourth-order valence-electron chi connectivity index (χ4n) is 2.41. The first-order chi connectivity index (χ1) is 13.5. The van der Waals surface area contributed by atoms with Gasteiger partial charge in [-0.15, -0.1) is 24.0 Å². The highest BCUT2D eigenvalue weighted by molar-refractivity contribution is 14.0. The van der Waals surface area contributed by atoms with Gasteiger partial charge < -0.3 is 19.8 Å². The zero-order chi connectivity index (χ0) is 20.2. The summed E-state index contributed by atoms with van der Waals surface area (Å²) in [5.41, 5.74) is 0.883. The van der Waals surface area contributed by atoms with E-state index in [9.17, 15) is 8.42 Å². The van der Waals surface area contributed by atoms with Crippen molar-refractivity contribution in [3.05, 3.63) is 54.0 Å². The van der Waals surface area contributed by atoms with E-state index < -0.39 is 10.0 Å². The monoisotopic (exact) mass is 536 g/mol. The third-order valence-corrected chi connectivity index (χ3v) is 4.81. The van der Waals surface area contributed by atoms with Crippen LogP contribution in [0.5, 0.6) is 0 Å². The number of furan rings is 1. The highest BCUT2D eigenvalue weighted by atomic mass is 127. The van der Waals surface area contributed by atoms with Crippen molar-refractivity contribution in [2.45, 2.75) is 31.2 Å². The average molecular weight is 536 g/mol. The van der Waals surface area contributed by atoms with Gasteiger partial charge in [-0.05, 0) is 43.2 Å². The van der Waals surface area contributed by atoms with Gasteiger partial charge in [0.1, 0.15) is 5.76 Å². The minimum absolute atomic E-state index is 0. The molecule has 0 aliphatic rings. The Morgan fingerprint density at radius 3 is 2.52 bits per heavy atom. The van der Waals surface area contributed by atoms with Crippen LogP contribution in [-0.2, 0) is 27.7 Å². The molecule has 2 rings (SSSR count). The van der Waals surface area contributed by atoms with E-state index in [1.54, 1.807) is 18.4 Å². The number of rotatable bonds is 11. The molecular weight excluding hydrogens is 507 g/mol. The number of benzene rings is 1. The maximum absolute atomic E-state index is 11.3. The van der Waals surface area contributed by atoms with Crippen LogP contribution in [0.3, 0.4) is 0 Å². The van der Waals surface area contributed by atoms with E-state index >= 15 is 0 Å². The Hall–Kier alpha value is -1.63. The highest BCUT2D eigenvalue weighted by Crippen LogP contribution is 2.09. The summed E-state index contributed by atoms with van der Waals surface area (Å²) < 4.78 is 33.3. The van der Waals surface area contributed by atoms with E-state index in [4.69, 9.17) is 14.3 Å². The number of nitrogens with zero attached hydrogens (tertiary/aromatic N) is 1. The van der Waals surface area contributed by atoms with Crippen molar-refractivity contribution in [2.24, 2.45) is 10.1 Å². The topological polar surface area (TPSA) is 119 Å². The predicted octanol–water partition coefficient (Wildman–Crippen LogP) is 2.25. The molecule has 1 aromatic carbocycles. The zero-order valence-corrected chi connectivity index (χ0v) is 19.6. The number of ether oxygens (including phenoxy) is 1.